The molecule has 0 atom stereocenters. The summed E-state index contributed by atoms with van der Waals surface area (Å²) in [4.78, 5) is 4.31. The molecule has 0 radical (unpaired) electrons. The van der Waals surface area contributed by atoms with Crippen LogP contribution in [0.4, 0.5) is 0 Å². The first-order valence-corrected chi connectivity index (χ1v) is 5.84. The van der Waals surface area contributed by atoms with Crippen LogP contribution in [0.1, 0.15) is 63.0 Å². The predicted molar refractivity (Wildman–Crippen MR) is 56.3 cm³/mol. The van der Waals surface area contributed by atoms with Gasteiger partial charge in [0.25, 0.3) is 0 Å². The minimum Gasteiger partial charge on any atom is -0.445 e. The Hall–Kier alpha value is -0.790. The van der Waals surface area contributed by atoms with Gasteiger partial charge in [-0.3, -0.25) is 0 Å². The van der Waals surface area contributed by atoms with Gasteiger partial charge in [0.1, 0.15) is 5.76 Å². The van der Waals surface area contributed by atoms with Gasteiger partial charge in [0.2, 0.25) is 0 Å². The normalized spacial score (nSPS) is 18.6. The molecule has 0 aromatic carbocycles. The minimum absolute atomic E-state index is 0.654. The maximum atomic E-state index is 5.75. The fourth-order valence-corrected chi connectivity index (χ4v) is 2.23. The van der Waals surface area contributed by atoms with Crippen LogP contribution in [0.25, 0.3) is 0 Å². The molecule has 0 saturated heterocycles. The predicted octanol–water partition coefficient (Wildman–Crippen LogP) is 3.67. The number of aryl methyl sites for hydroxylation is 1. The summed E-state index contributed by atoms with van der Waals surface area (Å²) >= 11 is 0. The van der Waals surface area contributed by atoms with Gasteiger partial charge in [-0.1, -0.05) is 26.2 Å². The molecule has 0 unspecified atom stereocenters. The molecule has 1 aliphatic rings. The molecule has 1 saturated carbocycles. The SMILES string of the molecule is CCCc1ncc(C2CCCCC2)o1. The van der Waals surface area contributed by atoms with E-state index in [9.17, 15) is 0 Å². The van der Waals surface area contributed by atoms with E-state index in [1.165, 1.54) is 32.1 Å². The molecule has 0 aliphatic heterocycles. The third-order valence-electron chi connectivity index (χ3n) is 3.04. The molecule has 1 fully saturated rings. The second kappa shape index (κ2) is 4.63. The quantitative estimate of drug-likeness (QED) is 0.732. The Bertz CT molecular complexity index is 274. The molecule has 0 spiro atoms. The third kappa shape index (κ3) is 2.17. The topological polar surface area (TPSA) is 26.0 Å². The van der Waals surface area contributed by atoms with Crippen molar-refractivity contribution in [1.82, 2.24) is 4.98 Å². The maximum absolute atomic E-state index is 5.75. The van der Waals surface area contributed by atoms with E-state index < -0.39 is 0 Å². The molecular formula is C12H19NO. The van der Waals surface area contributed by atoms with Gasteiger partial charge >= 0.3 is 0 Å². The first-order valence-electron chi connectivity index (χ1n) is 5.84. The molecule has 14 heavy (non-hydrogen) atoms. The van der Waals surface area contributed by atoms with E-state index in [0.29, 0.717) is 5.92 Å². The molecule has 1 aromatic rings. The number of rotatable bonds is 3. The first-order chi connectivity index (χ1) is 6.90. The number of hydrogen-bond donors (Lipinski definition) is 0. The standard InChI is InChI=1S/C12H19NO/c1-2-6-12-13-9-11(14-12)10-7-4-3-5-8-10/h9-10H,2-8H2,1H3. The van der Waals surface area contributed by atoms with Crippen molar-refractivity contribution in [2.45, 2.75) is 57.8 Å². The lowest BCUT2D eigenvalue weighted by atomic mass is 9.88. The summed E-state index contributed by atoms with van der Waals surface area (Å²) in [5.74, 6) is 2.71. The van der Waals surface area contributed by atoms with Crippen molar-refractivity contribution in [2.75, 3.05) is 0 Å². The van der Waals surface area contributed by atoms with Crippen LogP contribution in [0.5, 0.6) is 0 Å². The number of oxazole rings is 1. The number of nitrogens with zero attached hydrogens (tertiary/aromatic N) is 1. The van der Waals surface area contributed by atoms with Gasteiger partial charge in [0, 0.05) is 12.3 Å². The van der Waals surface area contributed by atoms with Crippen LogP contribution in [-0.2, 0) is 6.42 Å². The summed E-state index contributed by atoms with van der Waals surface area (Å²) in [5, 5.41) is 0. The lowest BCUT2D eigenvalue weighted by molar-refractivity contribution is 0.359. The lowest BCUT2D eigenvalue weighted by Gasteiger charge is -2.18. The van der Waals surface area contributed by atoms with Crippen LogP contribution in [0, 0.1) is 0 Å². The molecule has 2 nitrogen and oxygen atoms in total. The van der Waals surface area contributed by atoms with Crippen LogP contribution < -0.4 is 0 Å². The largest absolute Gasteiger partial charge is 0.445 e. The molecule has 0 bridgehead atoms. The fourth-order valence-electron chi connectivity index (χ4n) is 2.23. The van der Waals surface area contributed by atoms with Gasteiger partial charge in [0.05, 0.1) is 6.20 Å². The van der Waals surface area contributed by atoms with Crippen molar-refractivity contribution in [3.05, 3.63) is 17.8 Å². The van der Waals surface area contributed by atoms with Crippen LogP contribution in [-0.4, -0.2) is 4.98 Å². The zero-order valence-corrected chi connectivity index (χ0v) is 8.96. The van der Waals surface area contributed by atoms with Crippen LogP contribution in [0.15, 0.2) is 10.6 Å². The zero-order chi connectivity index (χ0) is 9.80. The number of hydrogen-bond acceptors (Lipinski definition) is 2. The Balaban J connectivity index is 2.00. The maximum Gasteiger partial charge on any atom is 0.194 e. The van der Waals surface area contributed by atoms with E-state index in [-0.39, 0.29) is 0 Å². The first kappa shape index (κ1) is 9.75. The van der Waals surface area contributed by atoms with E-state index >= 15 is 0 Å². The van der Waals surface area contributed by atoms with Crippen molar-refractivity contribution in [2.24, 2.45) is 0 Å². The Labute approximate surface area is 85.7 Å². The van der Waals surface area contributed by atoms with Crippen molar-refractivity contribution < 1.29 is 4.42 Å². The zero-order valence-electron chi connectivity index (χ0n) is 8.96. The molecule has 0 amide bonds. The smallest absolute Gasteiger partial charge is 0.194 e. The molecule has 1 aromatic heterocycles. The van der Waals surface area contributed by atoms with Gasteiger partial charge < -0.3 is 4.42 Å². The van der Waals surface area contributed by atoms with E-state index in [0.717, 1.165) is 24.5 Å². The van der Waals surface area contributed by atoms with Gasteiger partial charge in [-0.05, 0) is 19.3 Å². The van der Waals surface area contributed by atoms with Crippen molar-refractivity contribution >= 4 is 0 Å². The van der Waals surface area contributed by atoms with Gasteiger partial charge in [-0.25, -0.2) is 4.98 Å². The van der Waals surface area contributed by atoms with Crippen LogP contribution >= 0.6 is 0 Å². The highest BCUT2D eigenvalue weighted by Gasteiger charge is 2.19. The highest BCUT2D eigenvalue weighted by atomic mass is 16.4. The highest BCUT2D eigenvalue weighted by molar-refractivity contribution is 5.02. The molecular weight excluding hydrogens is 174 g/mol. The summed E-state index contributed by atoms with van der Waals surface area (Å²) in [6.07, 6.45) is 10.7. The summed E-state index contributed by atoms with van der Waals surface area (Å²) in [7, 11) is 0. The lowest BCUT2D eigenvalue weighted by Crippen LogP contribution is -2.02. The second-order valence-electron chi connectivity index (χ2n) is 4.24. The summed E-state index contributed by atoms with van der Waals surface area (Å²) in [6.45, 7) is 2.16. The summed E-state index contributed by atoms with van der Waals surface area (Å²) in [5.41, 5.74) is 0. The Kier molecular flexibility index (Phi) is 3.22. The second-order valence-corrected chi connectivity index (χ2v) is 4.24. The van der Waals surface area contributed by atoms with Crippen molar-refractivity contribution in [1.29, 1.82) is 0 Å². The Morgan fingerprint density at radius 1 is 1.36 bits per heavy atom. The monoisotopic (exact) mass is 193 g/mol. The van der Waals surface area contributed by atoms with E-state index in [2.05, 4.69) is 11.9 Å². The minimum atomic E-state index is 0.654. The molecule has 0 N–H and O–H groups in total. The Morgan fingerprint density at radius 2 is 2.14 bits per heavy atom. The van der Waals surface area contributed by atoms with E-state index in [1.54, 1.807) is 0 Å². The molecule has 1 aliphatic carbocycles. The molecule has 78 valence electrons. The summed E-state index contributed by atoms with van der Waals surface area (Å²) < 4.78 is 5.75. The average Bonchev–Trinajstić information content (AvgIpc) is 2.68. The van der Waals surface area contributed by atoms with Crippen LogP contribution in [0.2, 0.25) is 0 Å². The average molecular weight is 193 g/mol. The van der Waals surface area contributed by atoms with E-state index in [1.807, 2.05) is 6.20 Å². The number of aromatic nitrogens is 1. The van der Waals surface area contributed by atoms with Gasteiger partial charge in [0.15, 0.2) is 5.89 Å². The van der Waals surface area contributed by atoms with Crippen molar-refractivity contribution in [3.63, 3.8) is 0 Å². The van der Waals surface area contributed by atoms with Gasteiger partial charge in [-0.2, -0.15) is 0 Å². The fraction of sp³-hybridized carbons (Fsp3) is 0.750. The molecule has 1 heterocycles. The van der Waals surface area contributed by atoms with Gasteiger partial charge in [-0.15, -0.1) is 0 Å². The third-order valence-corrected chi connectivity index (χ3v) is 3.04. The molecule has 2 rings (SSSR count). The van der Waals surface area contributed by atoms with E-state index in [4.69, 9.17) is 4.42 Å². The highest BCUT2D eigenvalue weighted by Crippen LogP contribution is 2.32. The van der Waals surface area contributed by atoms with Crippen LogP contribution in [0.3, 0.4) is 0 Å². The van der Waals surface area contributed by atoms with Crippen molar-refractivity contribution in [3.8, 4) is 0 Å². The summed E-state index contributed by atoms with van der Waals surface area (Å²) in [6, 6.07) is 0. The molecule has 2 heteroatoms. The Morgan fingerprint density at radius 3 is 2.86 bits per heavy atom.